The highest BCUT2D eigenvalue weighted by Gasteiger charge is 2.14. The lowest BCUT2D eigenvalue weighted by Gasteiger charge is -2.22. The minimum absolute atomic E-state index is 0.0938. The lowest BCUT2D eigenvalue weighted by molar-refractivity contribution is -0.168. The van der Waals surface area contributed by atoms with E-state index in [0.717, 1.165) is 48.1 Å². The molecule has 1 fully saturated rings. The van der Waals surface area contributed by atoms with Crippen LogP contribution in [-0.2, 0) is 16.1 Å². The number of carboxylic acids is 1. The molecule has 0 amide bonds. The van der Waals surface area contributed by atoms with E-state index in [-0.39, 0.29) is 11.9 Å². The second kappa shape index (κ2) is 10.5. The molecule has 6 heteroatoms. The van der Waals surface area contributed by atoms with E-state index in [2.05, 4.69) is 21.8 Å². The second-order valence-electron chi connectivity index (χ2n) is 8.38. The second-order valence-corrected chi connectivity index (χ2v) is 8.38. The summed E-state index contributed by atoms with van der Waals surface area (Å²) < 4.78 is 11.4. The van der Waals surface area contributed by atoms with Crippen LogP contribution in [0.25, 0.3) is 22.2 Å². The maximum absolute atomic E-state index is 11.7. The number of benzene rings is 2. The molecule has 1 saturated heterocycles. The van der Waals surface area contributed by atoms with Crippen LogP contribution in [0.1, 0.15) is 46.3 Å². The van der Waals surface area contributed by atoms with Crippen molar-refractivity contribution < 1.29 is 19.4 Å². The molecule has 1 N–H and O–H groups in total. The fourth-order valence-corrected chi connectivity index (χ4v) is 3.98. The Morgan fingerprint density at radius 1 is 1.03 bits per heavy atom. The van der Waals surface area contributed by atoms with Crippen LogP contribution in [0.3, 0.4) is 0 Å². The van der Waals surface area contributed by atoms with Crippen LogP contribution < -0.4 is 0 Å². The Balaban J connectivity index is 1.27. The van der Waals surface area contributed by atoms with E-state index in [9.17, 15) is 9.90 Å². The largest absolute Gasteiger partial charge is 0.478 e. The van der Waals surface area contributed by atoms with Crippen LogP contribution in [0.5, 0.6) is 0 Å². The lowest BCUT2D eigenvalue weighted by atomic mass is 10.0. The number of pyridine rings is 2. The van der Waals surface area contributed by atoms with Gasteiger partial charge in [0.05, 0.1) is 23.4 Å². The topological polar surface area (TPSA) is 81.5 Å². The first kappa shape index (κ1) is 22.7. The number of nitrogens with zero attached hydrogens (tertiary/aromatic N) is 2. The Morgan fingerprint density at radius 2 is 1.77 bits per heavy atom. The molecule has 174 valence electrons. The van der Waals surface area contributed by atoms with Crippen LogP contribution in [0.15, 0.2) is 73.1 Å². The fraction of sp³-hybridized carbons (Fsp3) is 0.207. The highest BCUT2D eigenvalue weighted by molar-refractivity contribution is 6.03. The number of carbonyl (C=O) groups is 1. The smallest absolute Gasteiger partial charge is 0.336 e. The molecule has 0 spiro atoms. The summed E-state index contributed by atoms with van der Waals surface area (Å²) in [6.45, 7) is 1.31. The van der Waals surface area contributed by atoms with Crippen molar-refractivity contribution in [1.82, 2.24) is 9.97 Å². The first-order chi connectivity index (χ1) is 17.2. The number of fused-ring (bicyclic) bond motifs is 1. The van der Waals surface area contributed by atoms with Gasteiger partial charge in [-0.1, -0.05) is 36.1 Å². The average molecular weight is 465 g/mol. The predicted molar refractivity (Wildman–Crippen MR) is 133 cm³/mol. The molecular formula is C29H24N2O4. The van der Waals surface area contributed by atoms with Gasteiger partial charge in [-0.3, -0.25) is 4.98 Å². The predicted octanol–water partition coefficient (Wildman–Crippen LogP) is 5.44. The Kier molecular flexibility index (Phi) is 6.80. The monoisotopic (exact) mass is 464 g/mol. The minimum Gasteiger partial charge on any atom is -0.478 e. The van der Waals surface area contributed by atoms with Gasteiger partial charge in [0.1, 0.15) is 0 Å². The van der Waals surface area contributed by atoms with Crippen molar-refractivity contribution in [3.05, 3.63) is 95.3 Å². The fourth-order valence-electron chi connectivity index (χ4n) is 3.98. The molecule has 35 heavy (non-hydrogen) atoms. The Labute approximate surface area is 203 Å². The number of hydrogen-bond acceptors (Lipinski definition) is 5. The van der Waals surface area contributed by atoms with Crippen LogP contribution in [0.2, 0.25) is 0 Å². The van der Waals surface area contributed by atoms with E-state index < -0.39 is 5.97 Å². The molecule has 1 aliphatic rings. The van der Waals surface area contributed by atoms with E-state index in [1.165, 1.54) is 6.20 Å². The molecular weight excluding hydrogens is 440 g/mol. The summed E-state index contributed by atoms with van der Waals surface area (Å²) in [4.78, 5) is 20.3. The number of aromatic carboxylic acids is 1. The molecule has 0 saturated carbocycles. The van der Waals surface area contributed by atoms with Crippen molar-refractivity contribution in [1.29, 1.82) is 0 Å². The zero-order valence-corrected chi connectivity index (χ0v) is 19.1. The summed E-state index contributed by atoms with van der Waals surface area (Å²) in [6.07, 6.45) is 6.26. The Morgan fingerprint density at radius 3 is 2.46 bits per heavy atom. The van der Waals surface area contributed by atoms with Gasteiger partial charge in [0.2, 0.25) is 0 Å². The van der Waals surface area contributed by atoms with Gasteiger partial charge < -0.3 is 14.6 Å². The molecule has 5 rings (SSSR count). The molecule has 3 heterocycles. The van der Waals surface area contributed by atoms with Crippen LogP contribution in [0, 0.1) is 11.8 Å². The van der Waals surface area contributed by atoms with Crippen molar-refractivity contribution in [2.45, 2.75) is 32.2 Å². The van der Waals surface area contributed by atoms with Gasteiger partial charge in [-0.2, -0.15) is 0 Å². The SMILES string of the molecule is O=C(O)c1cc(-c2ccc(C#Cc3ccc(COC4CCCCO4)cc3)cc2)nc2ccncc12. The van der Waals surface area contributed by atoms with Gasteiger partial charge in [-0.05, 0) is 61.2 Å². The van der Waals surface area contributed by atoms with Crippen molar-refractivity contribution in [3.63, 3.8) is 0 Å². The van der Waals surface area contributed by atoms with E-state index in [0.29, 0.717) is 23.2 Å². The Bertz CT molecular complexity index is 1400. The molecule has 0 aliphatic carbocycles. The van der Waals surface area contributed by atoms with E-state index in [1.54, 1.807) is 18.3 Å². The maximum Gasteiger partial charge on any atom is 0.336 e. The van der Waals surface area contributed by atoms with Crippen molar-refractivity contribution in [2.24, 2.45) is 0 Å². The number of ether oxygens (including phenoxy) is 2. The van der Waals surface area contributed by atoms with Gasteiger partial charge in [0, 0.05) is 41.1 Å². The van der Waals surface area contributed by atoms with Gasteiger partial charge in [0.25, 0.3) is 0 Å². The molecule has 2 aromatic heterocycles. The molecule has 1 aliphatic heterocycles. The van der Waals surface area contributed by atoms with Crippen LogP contribution in [0.4, 0.5) is 0 Å². The minimum atomic E-state index is -1.01. The summed E-state index contributed by atoms with van der Waals surface area (Å²) in [5.41, 5.74) is 5.07. The van der Waals surface area contributed by atoms with E-state index >= 15 is 0 Å². The van der Waals surface area contributed by atoms with Crippen molar-refractivity contribution >= 4 is 16.9 Å². The molecule has 4 aromatic rings. The molecule has 6 nitrogen and oxygen atoms in total. The molecule has 1 unspecified atom stereocenters. The first-order valence-corrected chi connectivity index (χ1v) is 11.6. The van der Waals surface area contributed by atoms with Crippen LogP contribution >= 0.6 is 0 Å². The van der Waals surface area contributed by atoms with Crippen molar-refractivity contribution in [2.75, 3.05) is 6.61 Å². The highest BCUT2D eigenvalue weighted by Crippen LogP contribution is 2.25. The lowest BCUT2D eigenvalue weighted by Crippen LogP contribution is -2.21. The van der Waals surface area contributed by atoms with Gasteiger partial charge >= 0.3 is 5.97 Å². The standard InChI is InChI=1S/C29H24N2O4/c32-29(33)24-17-27(31-26-14-15-30-18-25(24)26)23-12-10-21(11-13-23)5-4-20-6-8-22(9-7-20)19-35-28-3-1-2-16-34-28/h6-15,17-18,28H,1-3,16,19H2,(H,32,33). The normalized spacial score (nSPS) is 15.4. The van der Waals surface area contributed by atoms with Crippen molar-refractivity contribution in [3.8, 4) is 23.1 Å². The van der Waals surface area contributed by atoms with E-state index in [4.69, 9.17) is 9.47 Å². The number of carboxylic acid groups (broad SMARTS) is 1. The van der Waals surface area contributed by atoms with Gasteiger partial charge in [-0.15, -0.1) is 0 Å². The van der Waals surface area contributed by atoms with E-state index in [1.807, 2.05) is 48.5 Å². The van der Waals surface area contributed by atoms with Gasteiger partial charge in [-0.25, -0.2) is 9.78 Å². The number of rotatable bonds is 5. The average Bonchev–Trinajstić information content (AvgIpc) is 2.91. The summed E-state index contributed by atoms with van der Waals surface area (Å²) in [6, 6.07) is 18.9. The molecule has 0 radical (unpaired) electrons. The Hall–Kier alpha value is -4.05. The zero-order chi connectivity index (χ0) is 24.0. The first-order valence-electron chi connectivity index (χ1n) is 11.6. The summed E-state index contributed by atoms with van der Waals surface area (Å²) in [5.74, 6) is 5.36. The third kappa shape index (κ3) is 5.55. The number of aromatic nitrogens is 2. The number of hydrogen-bond donors (Lipinski definition) is 1. The highest BCUT2D eigenvalue weighted by atomic mass is 16.7. The maximum atomic E-state index is 11.7. The zero-order valence-electron chi connectivity index (χ0n) is 19.1. The summed E-state index contributed by atoms with van der Waals surface area (Å²) >= 11 is 0. The molecule has 0 bridgehead atoms. The quantitative estimate of drug-likeness (QED) is 0.396. The molecule has 2 aromatic carbocycles. The third-order valence-corrected chi connectivity index (χ3v) is 5.90. The third-order valence-electron chi connectivity index (χ3n) is 5.90. The summed E-state index contributed by atoms with van der Waals surface area (Å²) in [5, 5.41) is 10.1. The van der Waals surface area contributed by atoms with Crippen LogP contribution in [-0.4, -0.2) is 33.9 Å². The summed E-state index contributed by atoms with van der Waals surface area (Å²) in [7, 11) is 0. The molecule has 1 atom stereocenters. The van der Waals surface area contributed by atoms with Gasteiger partial charge in [0.15, 0.2) is 6.29 Å².